The minimum absolute atomic E-state index is 0.0545. The van der Waals surface area contributed by atoms with E-state index in [2.05, 4.69) is 4.90 Å². The molecule has 0 unspecified atom stereocenters. The number of benzene rings is 1. The fourth-order valence-electron chi connectivity index (χ4n) is 2.57. The molecule has 1 saturated heterocycles. The molecular weight excluding hydrogens is 286 g/mol. The molecule has 21 heavy (non-hydrogen) atoms. The standard InChI is InChI=1S/C15H17N3O2S/c16-14(21)10-17-5-7-18(8-6-17)15(19)13-9-11-3-1-2-4-12(11)20-13/h1-4,9H,5-8,10H2,(H2,16,21). The van der Waals surface area contributed by atoms with Crippen LogP contribution in [-0.4, -0.2) is 53.4 Å². The molecule has 110 valence electrons. The van der Waals surface area contributed by atoms with Gasteiger partial charge in [-0.05, 0) is 12.1 Å². The monoisotopic (exact) mass is 303 g/mol. The van der Waals surface area contributed by atoms with Gasteiger partial charge < -0.3 is 15.1 Å². The van der Waals surface area contributed by atoms with Crippen molar-refractivity contribution in [1.82, 2.24) is 9.80 Å². The summed E-state index contributed by atoms with van der Waals surface area (Å²) < 4.78 is 5.63. The maximum atomic E-state index is 12.5. The first kappa shape index (κ1) is 14.0. The average molecular weight is 303 g/mol. The van der Waals surface area contributed by atoms with Crippen molar-refractivity contribution < 1.29 is 9.21 Å². The number of nitrogens with zero attached hydrogens (tertiary/aromatic N) is 2. The number of carbonyl (C=O) groups excluding carboxylic acids is 1. The summed E-state index contributed by atoms with van der Waals surface area (Å²) in [6, 6.07) is 9.44. The highest BCUT2D eigenvalue weighted by atomic mass is 32.1. The third-order valence-corrected chi connectivity index (χ3v) is 3.80. The highest BCUT2D eigenvalue weighted by Crippen LogP contribution is 2.20. The van der Waals surface area contributed by atoms with Gasteiger partial charge in [0.25, 0.3) is 5.91 Å². The first-order valence-corrected chi connectivity index (χ1v) is 7.33. The third-order valence-electron chi connectivity index (χ3n) is 3.68. The molecule has 0 radical (unpaired) electrons. The topological polar surface area (TPSA) is 62.7 Å². The zero-order chi connectivity index (χ0) is 14.8. The van der Waals surface area contributed by atoms with Crippen LogP contribution in [0.3, 0.4) is 0 Å². The van der Waals surface area contributed by atoms with E-state index in [-0.39, 0.29) is 5.91 Å². The van der Waals surface area contributed by atoms with Crippen molar-refractivity contribution in [3.63, 3.8) is 0 Å². The van der Waals surface area contributed by atoms with Crippen molar-refractivity contribution in [3.8, 4) is 0 Å². The molecule has 1 aliphatic rings. The first-order chi connectivity index (χ1) is 10.1. The van der Waals surface area contributed by atoms with E-state index in [4.69, 9.17) is 22.4 Å². The molecule has 1 aromatic carbocycles. The molecule has 0 bridgehead atoms. The van der Waals surface area contributed by atoms with Gasteiger partial charge in [-0.25, -0.2) is 0 Å². The molecule has 3 rings (SSSR count). The molecule has 2 heterocycles. The Hall–Kier alpha value is -1.92. The number of para-hydroxylation sites is 1. The van der Waals surface area contributed by atoms with Crippen LogP contribution in [0.5, 0.6) is 0 Å². The van der Waals surface area contributed by atoms with Crippen molar-refractivity contribution in [2.45, 2.75) is 0 Å². The zero-order valence-electron chi connectivity index (χ0n) is 11.6. The van der Waals surface area contributed by atoms with Crippen LogP contribution in [0.4, 0.5) is 0 Å². The highest BCUT2D eigenvalue weighted by molar-refractivity contribution is 7.80. The number of rotatable bonds is 3. The van der Waals surface area contributed by atoms with Crippen LogP contribution in [-0.2, 0) is 0 Å². The summed E-state index contributed by atoms with van der Waals surface area (Å²) in [5, 5.41) is 0.952. The van der Waals surface area contributed by atoms with E-state index < -0.39 is 0 Å². The van der Waals surface area contributed by atoms with E-state index in [0.29, 0.717) is 30.4 Å². The van der Waals surface area contributed by atoms with E-state index in [1.54, 1.807) is 6.07 Å². The van der Waals surface area contributed by atoms with Crippen LogP contribution in [0.2, 0.25) is 0 Å². The lowest BCUT2D eigenvalue weighted by molar-refractivity contribution is 0.0625. The SMILES string of the molecule is NC(=S)CN1CCN(C(=O)c2cc3ccccc3o2)CC1. The Bertz CT molecular complexity index is 641. The number of hydrogen-bond donors (Lipinski definition) is 1. The maximum absolute atomic E-state index is 12.5. The molecular formula is C15H17N3O2S. The van der Waals surface area contributed by atoms with Gasteiger partial charge in [0.1, 0.15) is 5.58 Å². The lowest BCUT2D eigenvalue weighted by Crippen LogP contribution is -2.50. The third kappa shape index (κ3) is 3.06. The summed E-state index contributed by atoms with van der Waals surface area (Å²) in [6.07, 6.45) is 0. The molecule has 0 atom stereocenters. The smallest absolute Gasteiger partial charge is 0.289 e. The molecule has 5 nitrogen and oxygen atoms in total. The number of hydrogen-bond acceptors (Lipinski definition) is 4. The molecule has 2 N–H and O–H groups in total. The summed E-state index contributed by atoms with van der Waals surface area (Å²) >= 11 is 4.91. The summed E-state index contributed by atoms with van der Waals surface area (Å²) in [7, 11) is 0. The van der Waals surface area contributed by atoms with Crippen molar-refractivity contribution in [1.29, 1.82) is 0 Å². The van der Waals surface area contributed by atoms with Gasteiger partial charge >= 0.3 is 0 Å². The van der Waals surface area contributed by atoms with Gasteiger partial charge in [-0.2, -0.15) is 0 Å². The van der Waals surface area contributed by atoms with Gasteiger partial charge in [0.15, 0.2) is 5.76 Å². The quantitative estimate of drug-likeness (QED) is 0.870. The molecule has 1 aliphatic heterocycles. The Kier molecular flexibility index (Phi) is 3.90. The Balaban J connectivity index is 1.67. The fourth-order valence-corrected chi connectivity index (χ4v) is 2.76. The number of piperazine rings is 1. The van der Waals surface area contributed by atoms with Crippen molar-refractivity contribution >= 4 is 34.1 Å². The number of carbonyl (C=O) groups is 1. The number of furan rings is 1. The van der Waals surface area contributed by atoms with Crippen molar-refractivity contribution in [2.75, 3.05) is 32.7 Å². The summed E-state index contributed by atoms with van der Waals surface area (Å²) in [6.45, 7) is 3.51. The van der Waals surface area contributed by atoms with Gasteiger partial charge in [0, 0.05) is 38.1 Å². The molecule has 1 aromatic heterocycles. The van der Waals surface area contributed by atoms with Crippen LogP contribution in [0.1, 0.15) is 10.6 Å². The van der Waals surface area contributed by atoms with Crippen LogP contribution in [0.15, 0.2) is 34.7 Å². The summed E-state index contributed by atoms with van der Waals surface area (Å²) in [4.78, 5) is 16.9. The second kappa shape index (κ2) is 5.83. The predicted octanol–water partition coefficient (Wildman–Crippen LogP) is 1.48. The lowest BCUT2D eigenvalue weighted by atomic mass is 10.2. The van der Waals surface area contributed by atoms with Crippen LogP contribution in [0, 0.1) is 0 Å². The second-order valence-corrected chi connectivity index (χ2v) is 5.71. The summed E-state index contributed by atoms with van der Waals surface area (Å²) in [5.74, 6) is 0.347. The number of fused-ring (bicyclic) bond motifs is 1. The molecule has 0 spiro atoms. The predicted molar refractivity (Wildman–Crippen MR) is 85.3 cm³/mol. The van der Waals surface area contributed by atoms with E-state index in [1.807, 2.05) is 29.2 Å². The van der Waals surface area contributed by atoms with Gasteiger partial charge in [0.05, 0.1) is 4.99 Å². The van der Waals surface area contributed by atoms with Gasteiger partial charge in [-0.1, -0.05) is 30.4 Å². The highest BCUT2D eigenvalue weighted by Gasteiger charge is 2.24. The number of amides is 1. The molecule has 1 amide bonds. The van der Waals surface area contributed by atoms with E-state index in [9.17, 15) is 4.79 Å². The Morgan fingerprint density at radius 3 is 2.62 bits per heavy atom. The Morgan fingerprint density at radius 2 is 1.95 bits per heavy atom. The molecule has 2 aromatic rings. The fraction of sp³-hybridized carbons (Fsp3) is 0.333. The normalized spacial score (nSPS) is 16.3. The maximum Gasteiger partial charge on any atom is 0.289 e. The van der Waals surface area contributed by atoms with Gasteiger partial charge in [0.2, 0.25) is 0 Å². The number of thiocarbonyl (C=S) groups is 1. The first-order valence-electron chi connectivity index (χ1n) is 6.92. The Morgan fingerprint density at radius 1 is 1.24 bits per heavy atom. The molecule has 6 heteroatoms. The average Bonchev–Trinajstić information content (AvgIpc) is 2.90. The van der Waals surface area contributed by atoms with E-state index in [0.717, 1.165) is 24.1 Å². The van der Waals surface area contributed by atoms with Crippen LogP contribution in [0.25, 0.3) is 11.0 Å². The molecule has 0 saturated carbocycles. The van der Waals surface area contributed by atoms with E-state index in [1.165, 1.54) is 0 Å². The number of nitrogens with two attached hydrogens (primary N) is 1. The van der Waals surface area contributed by atoms with Crippen molar-refractivity contribution in [2.24, 2.45) is 5.73 Å². The summed E-state index contributed by atoms with van der Waals surface area (Å²) in [5.41, 5.74) is 6.29. The van der Waals surface area contributed by atoms with Crippen molar-refractivity contribution in [3.05, 3.63) is 36.1 Å². The largest absolute Gasteiger partial charge is 0.451 e. The minimum atomic E-state index is -0.0545. The zero-order valence-corrected chi connectivity index (χ0v) is 12.4. The van der Waals surface area contributed by atoms with Gasteiger partial charge in [-0.15, -0.1) is 0 Å². The molecule has 0 aliphatic carbocycles. The van der Waals surface area contributed by atoms with Crippen LogP contribution < -0.4 is 5.73 Å². The lowest BCUT2D eigenvalue weighted by Gasteiger charge is -2.33. The Labute approximate surface area is 128 Å². The van der Waals surface area contributed by atoms with Gasteiger partial charge in [-0.3, -0.25) is 9.69 Å². The molecule has 1 fully saturated rings. The minimum Gasteiger partial charge on any atom is -0.451 e. The van der Waals surface area contributed by atoms with E-state index >= 15 is 0 Å². The van der Waals surface area contributed by atoms with Crippen LogP contribution >= 0.6 is 12.2 Å². The second-order valence-electron chi connectivity index (χ2n) is 5.18.